The van der Waals surface area contributed by atoms with Crippen molar-refractivity contribution < 1.29 is 26.9 Å². The number of methoxy groups -OCH3 is 2. The van der Waals surface area contributed by atoms with Crippen molar-refractivity contribution in [2.24, 2.45) is 0 Å². The summed E-state index contributed by atoms with van der Waals surface area (Å²) in [5.74, 6) is 0.939. The molecule has 168 valence electrons. The Labute approximate surface area is 184 Å². The average Bonchev–Trinajstić information content (AvgIpc) is 2.92. The number of likely N-dealkylation sites (N-methyl/N-ethyl adjacent to an activating group) is 1. The number of likely N-dealkylation sites (tertiary alicyclic amines) is 1. The quantitative estimate of drug-likeness (QED) is 0.601. The Bertz CT molecular complexity index is 1050. The van der Waals surface area contributed by atoms with E-state index in [1.807, 2.05) is 20.0 Å². The predicted molar refractivity (Wildman–Crippen MR) is 117 cm³/mol. The van der Waals surface area contributed by atoms with Crippen LogP contribution in [0.15, 0.2) is 47.4 Å². The van der Waals surface area contributed by atoms with Crippen LogP contribution in [0.4, 0.5) is 0 Å². The Morgan fingerprint density at radius 2 is 1.77 bits per heavy atom. The van der Waals surface area contributed by atoms with Gasteiger partial charge in [-0.1, -0.05) is 25.5 Å². The van der Waals surface area contributed by atoms with E-state index in [0.717, 1.165) is 31.4 Å². The molecular formula is C23H29NO6S. The summed E-state index contributed by atoms with van der Waals surface area (Å²) in [6.07, 6.45) is 3.23. The molecule has 2 aromatic rings. The minimum Gasteiger partial charge on any atom is -0.493 e. The van der Waals surface area contributed by atoms with Gasteiger partial charge in [-0.05, 0) is 49.1 Å². The molecule has 0 saturated carbocycles. The van der Waals surface area contributed by atoms with Gasteiger partial charge >= 0.3 is 10.1 Å². The summed E-state index contributed by atoms with van der Waals surface area (Å²) in [6.45, 7) is 2.72. The number of rotatable bonds is 7. The third kappa shape index (κ3) is 4.49. The molecule has 2 aromatic carbocycles. The van der Waals surface area contributed by atoms with E-state index in [1.165, 1.54) is 32.4 Å². The third-order valence-electron chi connectivity index (χ3n) is 5.94. The summed E-state index contributed by atoms with van der Waals surface area (Å²) in [6, 6.07) is 11.1. The van der Waals surface area contributed by atoms with E-state index in [0.29, 0.717) is 12.2 Å². The first-order valence-corrected chi connectivity index (χ1v) is 11.7. The molecule has 1 saturated heterocycles. The lowest BCUT2D eigenvalue weighted by molar-refractivity contribution is -0.135. The second-order valence-corrected chi connectivity index (χ2v) is 9.25. The molecule has 0 aromatic heterocycles. The van der Waals surface area contributed by atoms with Crippen LogP contribution in [0.3, 0.4) is 0 Å². The number of hydrogen-bond acceptors (Lipinski definition) is 6. The molecule has 0 radical (unpaired) electrons. The zero-order chi connectivity index (χ0) is 22.6. The molecule has 1 unspecified atom stereocenters. The van der Waals surface area contributed by atoms with E-state index in [4.69, 9.17) is 13.7 Å². The normalized spacial score (nSPS) is 19.6. The van der Waals surface area contributed by atoms with E-state index < -0.39 is 15.5 Å². The maximum Gasteiger partial charge on any atom is 0.339 e. The summed E-state index contributed by atoms with van der Waals surface area (Å²) < 4.78 is 41.5. The van der Waals surface area contributed by atoms with Crippen molar-refractivity contribution in [2.75, 3.05) is 27.8 Å². The van der Waals surface area contributed by atoms with Crippen LogP contribution < -0.4 is 13.7 Å². The Kier molecular flexibility index (Phi) is 6.79. The average molecular weight is 448 g/mol. The van der Waals surface area contributed by atoms with Crippen LogP contribution in [-0.2, 0) is 20.3 Å². The summed E-state index contributed by atoms with van der Waals surface area (Å²) >= 11 is 0. The highest BCUT2D eigenvalue weighted by Gasteiger charge is 2.41. The number of benzene rings is 2. The maximum atomic E-state index is 13.2. The van der Waals surface area contributed by atoms with Gasteiger partial charge in [-0.3, -0.25) is 4.79 Å². The van der Waals surface area contributed by atoms with Crippen molar-refractivity contribution in [1.82, 2.24) is 4.90 Å². The van der Waals surface area contributed by atoms with Gasteiger partial charge in [0.2, 0.25) is 5.91 Å². The standard InChI is InChI=1S/C23H29NO6S/c1-5-23(13-6-7-14-24(2)22(23)25)17-9-8-10-18(15-17)30-31(26,27)19-11-12-20(28-3)21(16-19)29-4/h8-12,15-16H,5-7,13-14H2,1-4H3. The van der Waals surface area contributed by atoms with Crippen molar-refractivity contribution in [1.29, 1.82) is 0 Å². The molecule has 1 fully saturated rings. The summed E-state index contributed by atoms with van der Waals surface area (Å²) in [4.78, 5) is 14.9. The molecule has 1 aliphatic heterocycles. The first-order valence-electron chi connectivity index (χ1n) is 10.3. The van der Waals surface area contributed by atoms with Crippen molar-refractivity contribution >= 4 is 16.0 Å². The number of hydrogen-bond donors (Lipinski definition) is 0. The van der Waals surface area contributed by atoms with Gasteiger partial charge in [0.05, 0.1) is 19.6 Å². The lowest BCUT2D eigenvalue weighted by Gasteiger charge is -2.33. The first-order chi connectivity index (χ1) is 14.8. The van der Waals surface area contributed by atoms with Gasteiger partial charge in [0.25, 0.3) is 0 Å². The van der Waals surface area contributed by atoms with Gasteiger partial charge in [-0.2, -0.15) is 8.42 Å². The highest BCUT2D eigenvalue weighted by atomic mass is 32.2. The van der Waals surface area contributed by atoms with Gasteiger partial charge in [-0.25, -0.2) is 0 Å². The molecule has 1 aliphatic rings. The van der Waals surface area contributed by atoms with Crippen LogP contribution in [0, 0.1) is 0 Å². The number of carbonyl (C=O) groups is 1. The second kappa shape index (κ2) is 9.18. The predicted octanol–water partition coefficient (Wildman–Crippen LogP) is 3.76. The Morgan fingerprint density at radius 1 is 1.03 bits per heavy atom. The number of ether oxygens (including phenoxy) is 2. The molecule has 1 amide bonds. The molecule has 3 rings (SSSR count). The lowest BCUT2D eigenvalue weighted by Crippen LogP contribution is -2.43. The topological polar surface area (TPSA) is 82.1 Å². The van der Waals surface area contributed by atoms with Gasteiger partial charge in [-0.15, -0.1) is 0 Å². The molecular weight excluding hydrogens is 418 g/mol. The Morgan fingerprint density at radius 3 is 2.45 bits per heavy atom. The lowest BCUT2D eigenvalue weighted by atomic mass is 9.73. The van der Waals surface area contributed by atoms with E-state index in [9.17, 15) is 13.2 Å². The molecule has 7 nitrogen and oxygen atoms in total. The molecule has 31 heavy (non-hydrogen) atoms. The fourth-order valence-electron chi connectivity index (χ4n) is 4.14. The van der Waals surface area contributed by atoms with Crippen LogP contribution >= 0.6 is 0 Å². The summed E-state index contributed by atoms with van der Waals surface area (Å²) in [5, 5.41) is 0. The van der Waals surface area contributed by atoms with Gasteiger partial charge in [0.1, 0.15) is 10.6 Å². The van der Waals surface area contributed by atoms with Gasteiger partial charge in [0, 0.05) is 19.7 Å². The van der Waals surface area contributed by atoms with E-state index in [1.54, 1.807) is 23.1 Å². The minimum atomic E-state index is -4.11. The number of carbonyl (C=O) groups excluding carboxylic acids is 1. The van der Waals surface area contributed by atoms with Crippen molar-refractivity contribution in [3.63, 3.8) is 0 Å². The van der Waals surface area contributed by atoms with Crippen LogP contribution in [0.25, 0.3) is 0 Å². The largest absolute Gasteiger partial charge is 0.493 e. The number of amides is 1. The summed E-state index contributed by atoms with van der Waals surface area (Å²) in [7, 11) is 0.622. The SMILES string of the molecule is CCC1(c2cccc(OS(=O)(=O)c3ccc(OC)c(OC)c3)c2)CCCCN(C)C1=O. The highest BCUT2D eigenvalue weighted by Crippen LogP contribution is 2.39. The molecule has 0 aliphatic carbocycles. The fraction of sp³-hybridized carbons (Fsp3) is 0.435. The van der Waals surface area contributed by atoms with Gasteiger partial charge in [0.15, 0.2) is 11.5 Å². The third-order valence-corrected chi connectivity index (χ3v) is 7.19. The van der Waals surface area contributed by atoms with E-state index in [-0.39, 0.29) is 22.3 Å². The molecule has 0 N–H and O–H groups in total. The van der Waals surface area contributed by atoms with E-state index >= 15 is 0 Å². The fourth-order valence-corrected chi connectivity index (χ4v) is 5.08. The second-order valence-electron chi connectivity index (χ2n) is 7.70. The zero-order valence-corrected chi connectivity index (χ0v) is 19.2. The van der Waals surface area contributed by atoms with Crippen LogP contribution in [0.2, 0.25) is 0 Å². The van der Waals surface area contributed by atoms with Crippen LogP contribution in [0.1, 0.15) is 38.2 Å². The minimum absolute atomic E-state index is 0.0500. The Balaban J connectivity index is 1.95. The molecule has 8 heteroatoms. The van der Waals surface area contributed by atoms with Crippen molar-refractivity contribution in [3.05, 3.63) is 48.0 Å². The molecule has 0 spiro atoms. The summed E-state index contributed by atoms with van der Waals surface area (Å²) in [5.41, 5.74) is 0.0892. The molecule has 0 bridgehead atoms. The Hall–Kier alpha value is -2.74. The van der Waals surface area contributed by atoms with Crippen molar-refractivity contribution in [2.45, 2.75) is 42.9 Å². The molecule has 1 atom stereocenters. The zero-order valence-electron chi connectivity index (χ0n) is 18.4. The molecule has 1 heterocycles. The van der Waals surface area contributed by atoms with Crippen molar-refractivity contribution in [3.8, 4) is 17.2 Å². The van der Waals surface area contributed by atoms with Crippen LogP contribution in [0.5, 0.6) is 17.2 Å². The monoisotopic (exact) mass is 447 g/mol. The number of nitrogens with zero attached hydrogens (tertiary/aromatic N) is 1. The smallest absolute Gasteiger partial charge is 0.339 e. The van der Waals surface area contributed by atoms with E-state index in [2.05, 4.69) is 0 Å². The van der Waals surface area contributed by atoms with Gasteiger partial charge < -0.3 is 18.6 Å². The maximum absolute atomic E-state index is 13.2. The van der Waals surface area contributed by atoms with Crippen LogP contribution in [-0.4, -0.2) is 47.0 Å². The first kappa shape index (κ1) is 22.9. The highest BCUT2D eigenvalue weighted by molar-refractivity contribution is 7.87.